The van der Waals surface area contributed by atoms with E-state index < -0.39 is 0 Å². The normalized spacial score (nSPS) is 33.2. The second-order valence-electron chi connectivity index (χ2n) is 7.82. The van der Waals surface area contributed by atoms with Crippen LogP contribution in [-0.4, -0.2) is 30.6 Å². The summed E-state index contributed by atoms with van der Waals surface area (Å²) in [6, 6.07) is 11.4. The average molecular weight is 286 g/mol. The maximum Gasteiger partial charge on any atom is 0.0131 e. The van der Waals surface area contributed by atoms with Gasteiger partial charge in [-0.1, -0.05) is 50.6 Å². The first kappa shape index (κ1) is 15.1. The summed E-state index contributed by atoms with van der Waals surface area (Å²) in [6.07, 6.45) is 5.26. The molecule has 1 aromatic rings. The molecule has 2 heteroatoms. The number of hydrogen-bond acceptors (Lipinski definition) is 2. The standard InChI is InChI=1S/C19H30N2/c1-19(2)11-6-9-17(18(19)20)14-21-12-10-16(13-21)15-7-4-3-5-8-15/h3-5,7-8,16-18H,6,9-14,20H2,1-2H3. The molecule has 1 saturated heterocycles. The van der Waals surface area contributed by atoms with Gasteiger partial charge in [0.1, 0.15) is 0 Å². The van der Waals surface area contributed by atoms with Gasteiger partial charge in [0, 0.05) is 19.1 Å². The molecule has 0 radical (unpaired) electrons. The molecule has 2 aliphatic rings. The molecule has 0 bridgehead atoms. The minimum atomic E-state index is 0.321. The molecule has 116 valence electrons. The van der Waals surface area contributed by atoms with E-state index in [1.165, 1.54) is 50.9 Å². The molecule has 3 atom stereocenters. The second-order valence-corrected chi connectivity index (χ2v) is 7.82. The van der Waals surface area contributed by atoms with Crippen molar-refractivity contribution in [3.63, 3.8) is 0 Å². The van der Waals surface area contributed by atoms with E-state index in [1.54, 1.807) is 0 Å². The fourth-order valence-corrected chi connectivity index (χ4v) is 4.34. The van der Waals surface area contributed by atoms with E-state index in [-0.39, 0.29) is 0 Å². The van der Waals surface area contributed by atoms with Crippen molar-refractivity contribution in [1.29, 1.82) is 0 Å². The number of likely N-dealkylation sites (tertiary alicyclic amines) is 1. The number of benzene rings is 1. The van der Waals surface area contributed by atoms with E-state index in [9.17, 15) is 0 Å². The third-order valence-electron chi connectivity index (χ3n) is 5.84. The average Bonchev–Trinajstić information content (AvgIpc) is 2.93. The molecular formula is C19H30N2. The minimum Gasteiger partial charge on any atom is -0.327 e. The Kier molecular flexibility index (Phi) is 4.37. The molecule has 1 aliphatic heterocycles. The molecule has 2 N–H and O–H groups in total. The van der Waals surface area contributed by atoms with Crippen molar-refractivity contribution in [2.45, 2.75) is 51.5 Å². The summed E-state index contributed by atoms with van der Waals surface area (Å²) in [7, 11) is 0. The van der Waals surface area contributed by atoms with Gasteiger partial charge in [-0.05, 0) is 48.6 Å². The van der Waals surface area contributed by atoms with Gasteiger partial charge in [-0.3, -0.25) is 0 Å². The Hall–Kier alpha value is -0.860. The van der Waals surface area contributed by atoms with Crippen molar-refractivity contribution in [3.8, 4) is 0 Å². The Labute approximate surface area is 129 Å². The van der Waals surface area contributed by atoms with Crippen LogP contribution in [0.25, 0.3) is 0 Å². The summed E-state index contributed by atoms with van der Waals surface area (Å²) in [6.45, 7) is 8.35. The van der Waals surface area contributed by atoms with Gasteiger partial charge in [-0.2, -0.15) is 0 Å². The Balaban J connectivity index is 1.57. The van der Waals surface area contributed by atoms with Crippen molar-refractivity contribution in [1.82, 2.24) is 4.90 Å². The first-order valence-electron chi connectivity index (χ1n) is 8.59. The molecule has 3 rings (SSSR count). The van der Waals surface area contributed by atoms with Gasteiger partial charge >= 0.3 is 0 Å². The van der Waals surface area contributed by atoms with Crippen LogP contribution >= 0.6 is 0 Å². The van der Waals surface area contributed by atoms with Crippen LogP contribution in [0.1, 0.15) is 51.0 Å². The Morgan fingerprint density at radius 2 is 1.95 bits per heavy atom. The van der Waals surface area contributed by atoms with Crippen molar-refractivity contribution in [2.24, 2.45) is 17.1 Å². The molecule has 2 nitrogen and oxygen atoms in total. The van der Waals surface area contributed by atoms with E-state index >= 15 is 0 Å². The van der Waals surface area contributed by atoms with Crippen LogP contribution < -0.4 is 5.73 Å². The highest BCUT2D eigenvalue weighted by Gasteiger charge is 2.37. The molecule has 0 amide bonds. The summed E-state index contributed by atoms with van der Waals surface area (Å²) < 4.78 is 0. The first-order valence-corrected chi connectivity index (χ1v) is 8.59. The van der Waals surface area contributed by atoms with Gasteiger partial charge in [0.15, 0.2) is 0 Å². The Morgan fingerprint density at radius 1 is 1.19 bits per heavy atom. The van der Waals surface area contributed by atoms with Crippen LogP contribution in [0, 0.1) is 11.3 Å². The topological polar surface area (TPSA) is 29.3 Å². The molecule has 0 aromatic heterocycles. The van der Waals surface area contributed by atoms with Crippen LogP contribution in [0.3, 0.4) is 0 Å². The highest BCUT2D eigenvalue weighted by Crippen LogP contribution is 2.39. The lowest BCUT2D eigenvalue weighted by Gasteiger charge is -2.43. The molecule has 21 heavy (non-hydrogen) atoms. The van der Waals surface area contributed by atoms with Crippen molar-refractivity contribution in [2.75, 3.05) is 19.6 Å². The Bertz CT molecular complexity index is 454. The van der Waals surface area contributed by atoms with E-state index in [0.29, 0.717) is 17.4 Å². The molecule has 2 fully saturated rings. The molecule has 1 saturated carbocycles. The van der Waals surface area contributed by atoms with Crippen LogP contribution in [-0.2, 0) is 0 Å². The molecule has 3 unspecified atom stereocenters. The van der Waals surface area contributed by atoms with Crippen molar-refractivity contribution >= 4 is 0 Å². The lowest BCUT2D eigenvalue weighted by Crippen LogP contribution is -2.50. The minimum absolute atomic E-state index is 0.321. The monoisotopic (exact) mass is 286 g/mol. The maximum atomic E-state index is 6.55. The summed E-state index contributed by atoms with van der Waals surface area (Å²) in [5.74, 6) is 1.40. The van der Waals surface area contributed by atoms with Gasteiger partial charge in [-0.15, -0.1) is 0 Å². The zero-order valence-corrected chi connectivity index (χ0v) is 13.6. The lowest BCUT2D eigenvalue weighted by atomic mass is 9.68. The third-order valence-corrected chi connectivity index (χ3v) is 5.84. The zero-order chi connectivity index (χ0) is 14.9. The largest absolute Gasteiger partial charge is 0.327 e. The number of nitrogens with two attached hydrogens (primary N) is 1. The van der Waals surface area contributed by atoms with Crippen LogP contribution in [0.4, 0.5) is 0 Å². The van der Waals surface area contributed by atoms with E-state index in [2.05, 4.69) is 49.1 Å². The molecular weight excluding hydrogens is 256 g/mol. The van der Waals surface area contributed by atoms with Gasteiger partial charge in [-0.25, -0.2) is 0 Å². The predicted molar refractivity (Wildman–Crippen MR) is 89.3 cm³/mol. The number of hydrogen-bond donors (Lipinski definition) is 1. The van der Waals surface area contributed by atoms with E-state index in [0.717, 1.165) is 5.92 Å². The van der Waals surface area contributed by atoms with Gasteiger partial charge in [0.25, 0.3) is 0 Å². The fraction of sp³-hybridized carbons (Fsp3) is 0.684. The molecule has 1 aliphatic carbocycles. The SMILES string of the molecule is CC1(C)CCCC(CN2CCC(c3ccccc3)C2)C1N. The Morgan fingerprint density at radius 3 is 2.71 bits per heavy atom. The van der Waals surface area contributed by atoms with Gasteiger partial charge < -0.3 is 10.6 Å². The second kappa shape index (κ2) is 6.10. The highest BCUT2D eigenvalue weighted by molar-refractivity contribution is 5.21. The van der Waals surface area contributed by atoms with E-state index in [1.807, 2.05) is 0 Å². The molecule has 0 spiro atoms. The van der Waals surface area contributed by atoms with Crippen LogP contribution in [0.15, 0.2) is 30.3 Å². The quantitative estimate of drug-likeness (QED) is 0.919. The first-order chi connectivity index (χ1) is 10.1. The summed E-state index contributed by atoms with van der Waals surface area (Å²) in [5.41, 5.74) is 8.38. The van der Waals surface area contributed by atoms with Crippen molar-refractivity contribution in [3.05, 3.63) is 35.9 Å². The van der Waals surface area contributed by atoms with Crippen LogP contribution in [0.5, 0.6) is 0 Å². The molecule has 1 heterocycles. The summed E-state index contributed by atoms with van der Waals surface area (Å²) in [5, 5.41) is 0. The van der Waals surface area contributed by atoms with Crippen LogP contribution in [0.2, 0.25) is 0 Å². The third kappa shape index (κ3) is 3.32. The lowest BCUT2D eigenvalue weighted by molar-refractivity contribution is 0.110. The van der Waals surface area contributed by atoms with Gasteiger partial charge in [0.2, 0.25) is 0 Å². The summed E-state index contributed by atoms with van der Waals surface area (Å²) in [4.78, 5) is 2.66. The smallest absolute Gasteiger partial charge is 0.0131 e. The predicted octanol–water partition coefficient (Wildman–Crippen LogP) is 3.63. The maximum absolute atomic E-state index is 6.55. The fourth-order valence-electron chi connectivity index (χ4n) is 4.34. The van der Waals surface area contributed by atoms with E-state index in [4.69, 9.17) is 5.73 Å². The molecule has 1 aromatic carbocycles. The highest BCUT2D eigenvalue weighted by atomic mass is 15.1. The number of nitrogens with zero attached hydrogens (tertiary/aromatic N) is 1. The summed E-state index contributed by atoms with van der Waals surface area (Å²) >= 11 is 0. The van der Waals surface area contributed by atoms with Gasteiger partial charge in [0.05, 0.1) is 0 Å². The van der Waals surface area contributed by atoms with Crippen molar-refractivity contribution < 1.29 is 0 Å². The zero-order valence-electron chi connectivity index (χ0n) is 13.6. The number of rotatable bonds is 3.